The molecule has 200 valence electrons. The standard InChI is InChI=1S/C26H27F3N6O3/c1-17(36)35(32-14-19-3-2-4-23(28)25(19)29)22(7-8-24-30-10-11-31-24)16-38-33-26(37)34-12-9-18-13-21(27)6-5-20(18)15-34/h2-6,9-13,22,32H,7-8,14-16H2,1H3,(H,30,31)(H,33,37)/t22-/m0/s1. The van der Waals surface area contributed by atoms with Gasteiger partial charge in [0.25, 0.3) is 0 Å². The number of aromatic amines is 1. The summed E-state index contributed by atoms with van der Waals surface area (Å²) in [6, 6.07) is 6.98. The number of rotatable bonds is 10. The van der Waals surface area contributed by atoms with Crippen molar-refractivity contribution in [1.29, 1.82) is 0 Å². The molecule has 1 aliphatic heterocycles. The second kappa shape index (κ2) is 12.4. The van der Waals surface area contributed by atoms with Crippen LogP contribution in [0.15, 0.2) is 55.0 Å². The molecule has 9 nitrogen and oxygen atoms in total. The van der Waals surface area contributed by atoms with E-state index in [2.05, 4.69) is 20.9 Å². The predicted molar refractivity (Wildman–Crippen MR) is 132 cm³/mol. The van der Waals surface area contributed by atoms with Crippen molar-refractivity contribution in [2.24, 2.45) is 0 Å². The number of halogens is 3. The van der Waals surface area contributed by atoms with E-state index in [1.165, 1.54) is 47.3 Å². The van der Waals surface area contributed by atoms with Crippen LogP contribution in [0.25, 0.3) is 6.08 Å². The van der Waals surface area contributed by atoms with Crippen LogP contribution in [0.2, 0.25) is 0 Å². The first kappa shape index (κ1) is 26.9. The van der Waals surface area contributed by atoms with E-state index < -0.39 is 23.7 Å². The van der Waals surface area contributed by atoms with Crippen molar-refractivity contribution < 1.29 is 27.6 Å². The molecule has 0 aliphatic carbocycles. The Hall–Kier alpha value is -4.16. The number of nitrogens with zero attached hydrogens (tertiary/aromatic N) is 3. The summed E-state index contributed by atoms with van der Waals surface area (Å²) in [5.41, 5.74) is 6.73. The third-order valence-electron chi connectivity index (χ3n) is 6.02. The van der Waals surface area contributed by atoms with Crippen molar-refractivity contribution >= 4 is 18.0 Å². The molecular weight excluding hydrogens is 501 g/mol. The van der Waals surface area contributed by atoms with Crippen LogP contribution in [0.5, 0.6) is 0 Å². The molecular formula is C26H27F3N6O3. The molecule has 3 amide bonds. The summed E-state index contributed by atoms with van der Waals surface area (Å²) in [6.07, 6.45) is 7.26. The van der Waals surface area contributed by atoms with Crippen molar-refractivity contribution in [3.05, 3.63) is 95.0 Å². The normalized spacial score (nSPS) is 13.2. The molecule has 3 aromatic rings. The van der Waals surface area contributed by atoms with Gasteiger partial charge in [-0.2, -0.15) is 0 Å². The monoisotopic (exact) mass is 528 g/mol. The Bertz CT molecular complexity index is 1300. The van der Waals surface area contributed by atoms with E-state index in [0.29, 0.717) is 24.2 Å². The molecule has 0 spiro atoms. The van der Waals surface area contributed by atoms with Crippen LogP contribution >= 0.6 is 0 Å². The van der Waals surface area contributed by atoms with Crippen LogP contribution in [0.4, 0.5) is 18.0 Å². The highest BCUT2D eigenvalue weighted by molar-refractivity contribution is 5.76. The lowest BCUT2D eigenvalue weighted by atomic mass is 10.0. The van der Waals surface area contributed by atoms with Crippen LogP contribution in [0.1, 0.15) is 35.9 Å². The summed E-state index contributed by atoms with van der Waals surface area (Å²) in [7, 11) is 0. The molecule has 0 unspecified atom stereocenters. The number of benzene rings is 2. The maximum absolute atomic E-state index is 14.1. The number of imidazole rings is 1. The fraction of sp³-hybridized carbons (Fsp3) is 0.269. The van der Waals surface area contributed by atoms with Crippen LogP contribution in [-0.2, 0) is 29.1 Å². The number of carbonyl (C=O) groups is 2. The van der Waals surface area contributed by atoms with E-state index in [1.54, 1.807) is 24.5 Å². The first-order valence-corrected chi connectivity index (χ1v) is 11.9. The molecule has 1 aromatic heterocycles. The second-order valence-corrected chi connectivity index (χ2v) is 8.67. The van der Waals surface area contributed by atoms with Gasteiger partial charge in [0, 0.05) is 44.0 Å². The van der Waals surface area contributed by atoms with Crippen LogP contribution in [0.3, 0.4) is 0 Å². The topological polar surface area (TPSA) is 103 Å². The summed E-state index contributed by atoms with van der Waals surface area (Å²) < 4.78 is 41.2. The van der Waals surface area contributed by atoms with E-state index in [4.69, 9.17) is 4.84 Å². The molecule has 0 bridgehead atoms. The van der Waals surface area contributed by atoms with Crippen molar-refractivity contribution in [1.82, 2.24) is 30.8 Å². The van der Waals surface area contributed by atoms with Crippen molar-refractivity contribution in [2.75, 3.05) is 6.61 Å². The van der Waals surface area contributed by atoms with Gasteiger partial charge >= 0.3 is 6.03 Å². The van der Waals surface area contributed by atoms with E-state index in [-0.39, 0.29) is 37.0 Å². The lowest BCUT2D eigenvalue weighted by molar-refractivity contribution is -0.138. The molecule has 0 radical (unpaired) electrons. The predicted octanol–water partition coefficient (Wildman–Crippen LogP) is 3.81. The van der Waals surface area contributed by atoms with E-state index in [9.17, 15) is 22.8 Å². The molecule has 2 heterocycles. The van der Waals surface area contributed by atoms with Crippen molar-refractivity contribution in [3.63, 3.8) is 0 Å². The lowest BCUT2D eigenvalue weighted by Crippen LogP contribution is -2.51. The molecule has 12 heteroatoms. The van der Waals surface area contributed by atoms with Gasteiger partial charge in [-0.15, -0.1) is 0 Å². The van der Waals surface area contributed by atoms with Gasteiger partial charge in [0.2, 0.25) is 5.91 Å². The zero-order chi connectivity index (χ0) is 27.1. The molecule has 0 saturated carbocycles. The van der Waals surface area contributed by atoms with E-state index in [1.807, 2.05) is 0 Å². The Morgan fingerprint density at radius 3 is 2.84 bits per heavy atom. The summed E-state index contributed by atoms with van der Waals surface area (Å²) in [5.74, 6) is -2.05. The second-order valence-electron chi connectivity index (χ2n) is 8.67. The molecule has 4 rings (SSSR count). The highest BCUT2D eigenvalue weighted by Crippen LogP contribution is 2.21. The number of aromatic nitrogens is 2. The highest BCUT2D eigenvalue weighted by Gasteiger charge is 2.24. The zero-order valence-electron chi connectivity index (χ0n) is 20.6. The Balaban J connectivity index is 1.39. The SMILES string of the molecule is CC(=O)N(NCc1cccc(F)c1F)[C@@H](CCc1ncc[nH]1)CONC(=O)N1C=Cc2cc(F)ccc2C1. The molecule has 2 aromatic carbocycles. The number of fused-ring (bicyclic) bond motifs is 1. The summed E-state index contributed by atoms with van der Waals surface area (Å²) in [5, 5.41) is 1.27. The largest absolute Gasteiger partial charge is 0.349 e. The number of hydrazine groups is 1. The minimum absolute atomic E-state index is 0.0484. The summed E-state index contributed by atoms with van der Waals surface area (Å²) >= 11 is 0. The quantitative estimate of drug-likeness (QED) is 0.348. The fourth-order valence-corrected chi connectivity index (χ4v) is 4.05. The number of nitrogens with one attached hydrogen (secondary N) is 3. The van der Waals surface area contributed by atoms with Crippen LogP contribution < -0.4 is 10.9 Å². The number of hydrogen-bond donors (Lipinski definition) is 3. The van der Waals surface area contributed by atoms with Crippen molar-refractivity contribution in [2.45, 2.75) is 38.9 Å². The van der Waals surface area contributed by atoms with Gasteiger partial charge < -0.3 is 4.98 Å². The van der Waals surface area contributed by atoms with Gasteiger partial charge in [-0.3, -0.25) is 19.5 Å². The number of hydroxylamine groups is 1. The van der Waals surface area contributed by atoms with Gasteiger partial charge in [0.05, 0.1) is 19.2 Å². The highest BCUT2D eigenvalue weighted by atomic mass is 19.2. The number of urea groups is 1. The molecule has 0 fully saturated rings. The van der Waals surface area contributed by atoms with Gasteiger partial charge in [0.15, 0.2) is 11.6 Å². The van der Waals surface area contributed by atoms with Gasteiger partial charge in [-0.1, -0.05) is 18.2 Å². The van der Waals surface area contributed by atoms with Crippen LogP contribution in [-0.4, -0.2) is 44.5 Å². The average molecular weight is 529 g/mol. The van der Waals surface area contributed by atoms with E-state index in [0.717, 1.165) is 11.6 Å². The molecule has 38 heavy (non-hydrogen) atoms. The first-order valence-electron chi connectivity index (χ1n) is 11.9. The third kappa shape index (κ3) is 6.78. The van der Waals surface area contributed by atoms with Gasteiger partial charge in [0.1, 0.15) is 11.6 Å². The Morgan fingerprint density at radius 2 is 2.08 bits per heavy atom. The van der Waals surface area contributed by atoms with Crippen LogP contribution in [0, 0.1) is 17.5 Å². The summed E-state index contributed by atoms with van der Waals surface area (Å²) in [4.78, 5) is 39.2. The number of hydrogen-bond acceptors (Lipinski definition) is 5. The summed E-state index contributed by atoms with van der Waals surface area (Å²) in [6.45, 7) is 1.30. The fourth-order valence-electron chi connectivity index (χ4n) is 4.05. The minimum Gasteiger partial charge on any atom is -0.349 e. The minimum atomic E-state index is -1.00. The smallest absolute Gasteiger partial charge is 0.345 e. The Morgan fingerprint density at radius 1 is 1.24 bits per heavy atom. The van der Waals surface area contributed by atoms with Gasteiger partial charge in [-0.05, 0) is 41.8 Å². The number of carbonyl (C=O) groups excluding carboxylic acids is 2. The van der Waals surface area contributed by atoms with Crippen molar-refractivity contribution in [3.8, 4) is 0 Å². The maximum Gasteiger partial charge on any atom is 0.345 e. The first-order chi connectivity index (χ1) is 18.3. The molecule has 1 atom stereocenters. The maximum atomic E-state index is 14.1. The molecule has 3 N–H and O–H groups in total. The Labute approximate surface area is 217 Å². The number of H-pyrrole nitrogens is 1. The van der Waals surface area contributed by atoms with E-state index >= 15 is 0 Å². The molecule has 1 aliphatic rings. The zero-order valence-corrected chi connectivity index (χ0v) is 20.6. The lowest BCUT2D eigenvalue weighted by Gasteiger charge is -2.31. The average Bonchev–Trinajstić information content (AvgIpc) is 3.42. The van der Waals surface area contributed by atoms with Gasteiger partial charge in [-0.25, -0.2) is 33.9 Å². The third-order valence-corrected chi connectivity index (χ3v) is 6.02. The number of amides is 3. The number of aryl methyl sites for hydroxylation is 1. The molecule has 0 saturated heterocycles. The Kier molecular flexibility index (Phi) is 8.77.